The fourth-order valence-corrected chi connectivity index (χ4v) is 12.3. The number of imide groups is 1. The van der Waals surface area contributed by atoms with Gasteiger partial charge in [-0.15, -0.1) is 0 Å². The molecule has 1 spiro atoms. The number of likely N-dealkylation sites (tertiary alicyclic amines) is 1. The van der Waals surface area contributed by atoms with Crippen molar-refractivity contribution >= 4 is 78.7 Å². The number of hydrogen-bond donors (Lipinski definition) is 4. The summed E-state index contributed by atoms with van der Waals surface area (Å²) < 4.78 is 8.97. The molecule has 368 valence electrons. The molecular formula is C55H55N9O7S. The number of aryl methyl sites for hydroxylation is 2. The molecule has 4 aliphatic rings. The third kappa shape index (κ3) is 9.41. The molecule has 3 aliphatic heterocycles. The van der Waals surface area contributed by atoms with E-state index in [0.29, 0.717) is 83.9 Å². The number of carboxylic acid groups (broad SMARTS) is 1. The highest BCUT2D eigenvalue weighted by atomic mass is 32.1. The number of para-hydroxylation sites is 1. The molecule has 1 unspecified atom stereocenters. The predicted octanol–water partition coefficient (Wildman–Crippen LogP) is 8.49. The molecule has 72 heavy (non-hydrogen) atoms. The van der Waals surface area contributed by atoms with E-state index in [-0.39, 0.29) is 35.7 Å². The number of piperidine rings is 2. The van der Waals surface area contributed by atoms with Crippen LogP contribution in [0.5, 0.6) is 5.75 Å². The molecule has 0 radical (unpaired) electrons. The lowest BCUT2D eigenvalue weighted by molar-refractivity contribution is -0.134. The number of aromatic carboxylic acids is 1. The van der Waals surface area contributed by atoms with Gasteiger partial charge in [0.05, 0.1) is 40.5 Å². The van der Waals surface area contributed by atoms with E-state index in [4.69, 9.17) is 9.72 Å². The van der Waals surface area contributed by atoms with Gasteiger partial charge >= 0.3 is 5.97 Å². The monoisotopic (exact) mass is 985 g/mol. The van der Waals surface area contributed by atoms with Gasteiger partial charge in [0.1, 0.15) is 11.6 Å². The van der Waals surface area contributed by atoms with E-state index in [1.165, 1.54) is 11.3 Å². The highest BCUT2D eigenvalue weighted by Gasteiger charge is 2.45. The van der Waals surface area contributed by atoms with Crippen LogP contribution in [0.3, 0.4) is 0 Å². The molecule has 2 saturated heterocycles. The fourth-order valence-electron chi connectivity index (χ4n) is 11.4. The lowest BCUT2D eigenvalue weighted by Crippen LogP contribution is -2.48. The van der Waals surface area contributed by atoms with E-state index in [2.05, 4.69) is 30.9 Å². The Morgan fingerprint density at radius 1 is 0.903 bits per heavy atom. The van der Waals surface area contributed by atoms with Gasteiger partial charge < -0.3 is 20.1 Å². The summed E-state index contributed by atoms with van der Waals surface area (Å²) in [6, 6.07) is 28.6. The highest BCUT2D eigenvalue weighted by molar-refractivity contribution is 7.22. The maximum atomic E-state index is 13.6. The summed E-state index contributed by atoms with van der Waals surface area (Å²) in [5.41, 5.74) is 7.96. The Labute approximate surface area is 419 Å². The van der Waals surface area contributed by atoms with E-state index in [0.717, 1.165) is 94.3 Å². The van der Waals surface area contributed by atoms with Crippen molar-refractivity contribution in [2.45, 2.75) is 70.8 Å². The molecule has 17 heteroatoms. The summed E-state index contributed by atoms with van der Waals surface area (Å²) in [5.74, 6) is -0.625. The highest BCUT2D eigenvalue weighted by Crippen LogP contribution is 2.53. The molecule has 7 aromatic rings. The molecule has 1 aliphatic carbocycles. The first kappa shape index (κ1) is 46.9. The van der Waals surface area contributed by atoms with Crippen LogP contribution < -0.4 is 25.6 Å². The summed E-state index contributed by atoms with van der Waals surface area (Å²) in [6.45, 7) is 5.66. The molecule has 1 saturated carbocycles. The molecule has 4 N–H and O–H groups in total. The second kappa shape index (κ2) is 19.3. The summed E-state index contributed by atoms with van der Waals surface area (Å²) in [7, 11) is 1.81. The van der Waals surface area contributed by atoms with Crippen molar-refractivity contribution < 1.29 is 33.8 Å². The minimum atomic E-state index is -1.12. The number of rotatable bonds is 13. The number of nitrogens with one attached hydrogen (secondary N) is 3. The quantitative estimate of drug-likeness (QED) is 0.0805. The van der Waals surface area contributed by atoms with Crippen LogP contribution >= 0.6 is 11.3 Å². The lowest BCUT2D eigenvalue weighted by Gasteiger charge is -2.52. The number of nitrogens with zero attached hydrogens (tertiary/aromatic N) is 6. The van der Waals surface area contributed by atoms with Crippen molar-refractivity contribution in [1.82, 2.24) is 30.0 Å². The van der Waals surface area contributed by atoms with Crippen molar-refractivity contribution in [3.05, 3.63) is 125 Å². The van der Waals surface area contributed by atoms with E-state index in [1.54, 1.807) is 4.68 Å². The van der Waals surface area contributed by atoms with Gasteiger partial charge in [-0.1, -0.05) is 41.7 Å². The summed E-state index contributed by atoms with van der Waals surface area (Å²) in [4.78, 5) is 77.3. The normalized spacial score (nSPS) is 17.9. The molecule has 3 aromatic heterocycles. The summed E-state index contributed by atoms with van der Waals surface area (Å²) in [5, 5.41) is 24.9. The lowest BCUT2D eigenvalue weighted by atomic mass is 9.57. The number of thiazole rings is 1. The van der Waals surface area contributed by atoms with Gasteiger partial charge in [-0.25, -0.2) is 14.8 Å². The van der Waals surface area contributed by atoms with Crippen molar-refractivity contribution in [3.8, 4) is 16.9 Å². The van der Waals surface area contributed by atoms with E-state index >= 15 is 0 Å². The molecule has 1 atom stereocenters. The average molecular weight is 986 g/mol. The first-order valence-corrected chi connectivity index (χ1v) is 25.5. The van der Waals surface area contributed by atoms with Crippen molar-refractivity contribution in [1.29, 1.82) is 0 Å². The van der Waals surface area contributed by atoms with Gasteiger partial charge in [-0.3, -0.25) is 39.4 Å². The molecule has 16 nitrogen and oxygen atoms in total. The number of aromatic nitrogens is 4. The summed E-state index contributed by atoms with van der Waals surface area (Å²) >= 11 is 1.43. The number of carbonyl (C=O) groups excluding carboxylic acids is 4. The average Bonchev–Trinajstić information content (AvgIpc) is 3.92. The second-order valence-corrected chi connectivity index (χ2v) is 20.9. The number of hydrogen-bond acceptors (Lipinski definition) is 12. The molecule has 4 amide bonds. The number of fused-ring (bicyclic) bond motifs is 3. The number of benzene rings is 4. The minimum Gasteiger partial charge on any atom is -0.494 e. The molecule has 11 rings (SSSR count). The standard InChI is InChI=1S/C55H55N9O7S/c1-32-26-36(71-25-19-33-28-55(29-33)20-23-63(24-21-55)31-48(66)56-35-10-12-40-44(27-35)62(2)61-49(40)41-15-17-47(65)59-52(41)68)11-13-37(32)38-14-16-46(58-50(38)53(69)70)64-22-18-34-6-5-7-39(42(34)30-64)51(67)60-54-57-43-8-3-4-9-45(43)72-54/h3-14,16,26-27,33,41H,15,17-25,28-31H2,1-2H3,(H,56,66)(H,69,70)(H,57,60,67)(H,59,65,68). The Kier molecular flexibility index (Phi) is 12.5. The second-order valence-electron chi connectivity index (χ2n) is 19.9. The van der Waals surface area contributed by atoms with Crippen LogP contribution in [0, 0.1) is 18.3 Å². The van der Waals surface area contributed by atoms with Crippen molar-refractivity contribution in [2.75, 3.05) is 48.3 Å². The van der Waals surface area contributed by atoms with Crippen LogP contribution in [0.15, 0.2) is 91.0 Å². The number of ether oxygens (including phenoxy) is 1. The largest absolute Gasteiger partial charge is 0.494 e. The SMILES string of the molecule is Cc1cc(OCCC2CC3(CCN(CC(=O)Nc4ccc5c(C6CCC(=O)NC6=O)nn(C)c5c4)CC3)C2)ccc1-c1ccc(N2CCc3cccc(C(=O)Nc4nc5ccccc5s4)c3C2)nc1C(=O)O. The Morgan fingerprint density at radius 3 is 2.51 bits per heavy atom. The van der Waals surface area contributed by atoms with Gasteiger partial charge in [0.25, 0.3) is 5.91 Å². The third-order valence-electron chi connectivity index (χ3n) is 15.2. The molecule has 0 bridgehead atoms. The number of carbonyl (C=O) groups is 5. The Bertz CT molecular complexity index is 3280. The summed E-state index contributed by atoms with van der Waals surface area (Å²) in [6.07, 6.45) is 6.79. The minimum absolute atomic E-state index is 0.0338. The zero-order valence-corrected chi connectivity index (χ0v) is 41.0. The number of anilines is 3. The van der Waals surface area contributed by atoms with Crippen LogP contribution in [0.1, 0.15) is 94.1 Å². The maximum absolute atomic E-state index is 13.6. The molecular weight excluding hydrogens is 931 g/mol. The van der Waals surface area contributed by atoms with Gasteiger partial charge in [0.2, 0.25) is 17.7 Å². The van der Waals surface area contributed by atoms with Gasteiger partial charge in [-0.2, -0.15) is 5.10 Å². The topological polar surface area (TPSA) is 201 Å². The van der Waals surface area contributed by atoms with Crippen LogP contribution in [0.2, 0.25) is 0 Å². The third-order valence-corrected chi connectivity index (χ3v) is 16.1. The van der Waals surface area contributed by atoms with E-state index in [1.807, 2.05) is 110 Å². The van der Waals surface area contributed by atoms with Gasteiger partial charge in [-0.05, 0) is 159 Å². The number of pyridine rings is 1. The molecule has 6 heterocycles. The number of carboxylic acids is 1. The van der Waals surface area contributed by atoms with Crippen LogP contribution in [0.25, 0.3) is 32.2 Å². The van der Waals surface area contributed by atoms with E-state index in [9.17, 15) is 29.1 Å². The Morgan fingerprint density at radius 2 is 1.72 bits per heavy atom. The molecule has 4 aromatic carbocycles. The predicted molar refractivity (Wildman–Crippen MR) is 276 cm³/mol. The van der Waals surface area contributed by atoms with Crippen LogP contribution in [-0.2, 0) is 34.4 Å². The zero-order valence-electron chi connectivity index (χ0n) is 40.2. The first-order valence-electron chi connectivity index (χ1n) is 24.7. The first-order chi connectivity index (χ1) is 34.8. The Hall–Kier alpha value is -7.50. The van der Waals surface area contributed by atoms with Crippen molar-refractivity contribution in [2.24, 2.45) is 18.4 Å². The number of amides is 4. The van der Waals surface area contributed by atoms with E-state index < -0.39 is 11.9 Å². The maximum Gasteiger partial charge on any atom is 0.355 e. The van der Waals surface area contributed by atoms with Gasteiger partial charge in [0.15, 0.2) is 10.8 Å². The zero-order chi connectivity index (χ0) is 49.7. The Balaban J connectivity index is 0.647. The van der Waals surface area contributed by atoms with Crippen LogP contribution in [-0.4, -0.2) is 92.1 Å². The van der Waals surface area contributed by atoms with Crippen molar-refractivity contribution in [3.63, 3.8) is 0 Å². The van der Waals surface area contributed by atoms with Gasteiger partial charge in [0, 0.05) is 48.8 Å². The van der Waals surface area contributed by atoms with Crippen LogP contribution in [0.4, 0.5) is 16.6 Å². The fraction of sp³-hybridized carbons (Fsp3) is 0.345. The molecule has 3 fully saturated rings. The smallest absolute Gasteiger partial charge is 0.355 e.